The van der Waals surface area contributed by atoms with E-state index in [0.717, 1.165) is 58.9 Å². The average Bonchev–Trinajstić information content (AvgIpc) is 3.43. The van der Waals surface area contributed by atoms with Crippen LogP contribution in [0.4, 0.5) is 11.1 Å². The number of aromatic nitrogens is 2. The quantitative estimate of drug-likeness (QED) is 0.407. The molecular formula is C25H26N4O3S. The van der Waals surface area contributed by atoms with Gasteiger partial charge in [0.2, 0.25) is 5.91 Å². The van der Waals surface area contributed by atoms with Crippen molar-refractivity contribution in [3.05, 3.63) is 53.4 Å². The highest BCUT2D eigenvalue weighted by molar-refractivity contribution is 7.16. The smallest absolute Gasteiger partial charge is 0.298 e. The van der Waals surface area contributed by atoms with Gasteiger partial charge in [-0.1, -0.05) is 12.1 Å². The van der Waals surface area contributed by atoms with Gasteiger partial charge < -0.3 is 19.4 Å². The molecular weight excluding hydrogens is 436 g/mol. The Morgan fingerprint density at radius 2 is 1.91 bits per heavy atom. The summed E-state index contributed by atoms with van der Waals surface area (Å²) in [6, 6.07) is 16.3. The molecule has 5 rings (SSSR count). The van der Waals surface area contributed by atoms with Crippen molar-refractivity contribution < 1.29 is 13.9 Å². The van der Waals surface area contributed by atoms with Gasteiger partial charge in [-0.25, -0.2) is 4.98 Å². The molecule has 1 aliphatic heterocycles. The molecule has 0 bridgehead atoms. The standard InChI is InChI=1S/C25H26N4O3S/c1-3-31-19-10-8-17(9-11-19)22-16(2)33-24(27-22)28-23(30)18-12-14-29(15-13-18)25-26-20-6-4-5-7-21(20)32-25/h4-11,18H,3,12-15H2,1-2H3,(H,27,28,30). The summed E-state index contributed by atoms with van der Waals surface area (Å²) in [5.74, 6) is 0.815. The van der Waals surface area contributed by atoms with Gasteiger partial charge in [0.25, 0.3) is 6.01 Å². The highest BCUT2D eigenvalue weighted by atomic mass is 32.1. The summed E-state index contributed by atoms with van der Waals surface area (Å²) < 4.78 is 11.4. The van der Waals surface area contributed by atoms with Crippen LogP contribution in [0.5, 0.6) is 5.75 Å². The number of nitrogens with zero attached hydrogens (tertiary/aromatic N) is 3. The number of amides is 1. The molecule has 1 saturated heterocycles. The van der Waals surface area contributed by atoms with Crippen molar-refractivity contribution in [3.8, 4) is 17.0 Å². The third-order valence-corrected chi connectivity index (χ3v) is 6.77. The van der Waals surface area contributed by atoms with Gasteiger partial charge in [-0.15, -0.1) is 11.3 Å². The molecule has 33 heavy (non-hydrogen) atoms. The Kier molecular flexibility index (Phi) is 6.00. The number of para-hydroxylation sites is 2. The van der Waals surface area contributed by atoms with Crippen LogP contribution in [0, 0.1) is 12.8 Å². The topological polar surface area (TPSA) is 80.5 Å². The van der Waals surface area contributed by atoms with E-state index in [2.05, 4.69) is 20.2 Å². The number of hydrogen-bond acceptors (Lipinski definition) is 7. The Labute approximate surface area is 196 Å². The number of rotatable bonds is 6. The second kappa shape index (κ2) is 9.23. The van der Waals surface area contributed by atoms with Gasteiger partial charge in [0.15, 0.2) is 10.7 Å². The number of ether oxygens (including phenoxy) is 1. The summed E-state index contributed by atoms with van der Waals surface area (Å²) in [5, 5.41) is 3.68. The van der Waals surface area contributed by atoms with Crippen LogP contribution in [-0.2, 0) is 4.79 Å². The lowest BCUT2D eigenvalue weighted by Gasteiger charge is -2.29. The molecule has 1 amide bonds. The molecule has 0 saturated carbocycles. The van der Waals surface area contributed by atoms with Crippen LogP contribution in [0.1, 0.15) is 24.6 Å². The fourth-order valence-electron chi connectivity index (χ4n) is 4.13. The molecule has 170 valence electrons. The number of carbonyl (C=O) groups excluding carboxylic acids is 1. The van der Waals surface area contributed by atoms with Crippen molar-refractivity contribution in [3.63, 3.8) is 0 Å². The van der Waals surface area contributed by atoms with Crippen LogP contribution < -0.4 is 15.0 Å². The fourth-order valence-corrected chi connectivity index (χ4v) is 4.97. The first-order valence-corrected chi connectivity index (χ1v) is 12.0. The predicted molar refractivity (Wildman–Crippen MR) is 131 cm³/mol. The molecule has 0 atom stereocenters. The molecule has 2 aromatic carbocycles. The lowest BCUT2D eigenvalue weighted by Crippen LogP contribution is -2.38. The minimum Gasteiger partial charge on any atom is -0.494 e. The first-order valence-electron chi connectivity index (χ1n) is 11.2. The average molecular weight is 463 g/mol. The van der Waals surface area contributed by atoms with Crippen molar-refractivity contribution in [2.75, 3.05) is 29.9 Å². The summed E-state index contributed by atoms with van der Waals surface area (Å²) in [5.41, 5.74) is 3.55. The van der Waals surface area contributed by atoms with E-state index in [4.69, 9.17) is 9.15 Å². The van der Waals surface area contributed by atoms with Crippen LogP contribution in [0.15, 0.2) is 52.9 Å². The van der Waals surface area contributed by atoms with Gasteiger partial charge >= 0.3 is 0 Å². The molecule has 4 aromatic rings. The Balaban J connectivity index is 1.20. The van der Waals surface area contributed by atoms with Crippen LogP contribution in [0.25, 0.3) is 22.4 Å². The number of nitrogens with one attached hydrogen (secondary N) is 1. The highest BCUT2D eigenvalue weighted by Crippen LogP contribution is 2.32. The molecule has 0 spiro atoms. The van der Waals surface area contributed by atoms with E-state index in [1.807, 2.05) is 62.4 Å². The monoisotopic (exact) mass is 462 g/mol. The largest absolute Gasteiger partial charge is 0.494 e. The first-order chi connectivity index (χ1) is 16.1. The molecule has 7 nitrogen and oxygen atoms in total. The number of piperidine rings is 1. The Morgan fingerprint density at radius 1 is 1.15 bits per heavy atom. The maximum Gasteiger partial charge on any atom is 0.298 e. The lowest BCUT2D eigenvalue weighted by molar-refractivity contribution is -0.120. The molecule has 0 aliphatic carbocycles. The first kappa shape index (κ1) is 21.5. The highest BCUT2D eigenvalue weighted by Gasteiger charge is 2.28. The van der Waals surface area contributed by atoms with Gasteiger partial charge in [-0.05, 0) is 63.1 Å². The van der Waals surface area contributed by atoms with E-state index >= 15 is 0 Å². The summed E-state index contributed by atoms with van der Waals surface area (Å²) >= 11 is 1.51. The minimum absolute atomic E-state index is 0.0270. The molecule has 0 radical (unpaired) electrons. The molecule has 2 aromatic heterocycles. The van der Waals surface area contributed by atoms with E-state index < -0.39 is 0 Å². The van der Waals surface area contributed by atoms with E-state index in [9.17, 15) is 4.79 Å². The summed E-state index contributed by atoms with van der Waals surface area (Å²) in [6.45, 7) is 6.10. The van der Waals surface area contributed by atoms with E-state index in [0.29, 0.717) is 17.8 Å². The second-order valence-electron chi connectivity index (χ2n) is 8.10. The van der Waals surface area contributed by atoms with Crippen molar-refractivity contribution in [1.29, 1.82) is 0 Å². The van der Waals surface area contributed by atoms with E-state index in [-0.39, 0.29) is 11.8 Å². The second-order valence-corrected chi connectivity index (χ2v) is 9.30. The zero-order valence-corrected chi connectivity index (χ0v) is 19.5. The maximum atomic E-state index is 12.9. The number of hydrogen-bond donors (Lipinski definition) is 1. The molecule has 8 heteroatoms. The van der Waals surface area contributed by atoms with E-state index in [1.165, 1.54) is 11.3 Å². The predicted octanol–water partition coefficient (Wildman–Crippen LogP) is 5.51. The fraction of sp³-hybridized carbons (Fsp3) is 0.320. The number of thiazole rings is 1. The van der Waals surface area contributed by atoms with Crippen LogP contribution in [0.3, 0.4) is 0 Å². The van der Waals surface area contributed by atoms with Crippen molar-refractivity contribution in [1.82, 2.24) is 9.97 Å². The van der Waals surface area contributed by atoms with Crippen molar-refractivity contribution in [2.24, 2.45) is 5.92 Å². The number of anilines is 2. The molecule has 1 aliphatic rings. The van der Waals surface area contributed by atoms with Crippen molar-refractivity contribution in [2.45, 2.75) is 26.7 Å². The van der Waals surface area contributed by atoms with Crippen LogP contribution in [-0.4, -0.2) is 35.6 Å². The summed E-state index contributed by atoms with van der Waals surface area (Å²) in [6.07, 6.45) is 1.50. The molecule has 3 heterocycles. The van der Waals surface area contributed by atoms with Gasteiger partial charge in [0.1, 0.15) is 11.3 Å². The maximum absolute atomic E-state index is 12.9. The minimum atomic E-state index is -0.0521. The van der Waals surface area contributed by atoms with Crippen molar-refractivity contribution >= 4 is 39.5 Å². The SMILES string of the molecule is CCOc1ccc(-c2nc(NC(=O)C3CCN(c4nc5ccccc5o4)CC3)sc2C)cc1. The number of benzene rings is 2. The lowest BCUT2D eigenvalue weighted by atomic mass is 9.96. The normalized spacial score (nSPS) is 14.5. The van der Waals surface area contributed by atoms with Gasteiger partial charge in [-0.2, -0.15) is 4.98 Å². The van der Waals surface area contributed by atoms with Gasteiger partial charge in [0.05, 0.1) is 12.3 Å². The molecule has 1 N–H and O–H groups in total. The zero-order chi connectivity index (χ0) is 22.8. The third kappa shape index (κ3) is 4.57. The Hall–Kier alpha value is -3.39. The van der Waals surface area contributed by atoms with Crippen LogP contribution >= 0.6 is 11.3 Å². The third-order valence-electron chi connectivity index (χ3n) is 5.88. The summed E-state index contributed by atoms with van der Waals surface area (Å²) in [4.78, 5) is 25.3. The molecule has 1 fully saturated rings. The Morgan fingerprint density at radius 3 is 2.64 bits per heavy atom. The van der Waals surface area contributed by atoms with Gasteiger partial charge in [0, 0.05) is 29.4 Å². The summed E-state index contributed by atoms with van der Waals surface area (Å²) in [7, 11) is 0. The Bertz CT molecular complexity index is 1220. The number of fused-ring (bicyclic) bond motifs is 1. The van der Waals surface area contributed by atoms with E-state index in [1.54, 1.807) is 0 Å². The number of aryl methyl sites for hydroxylation is 1. The molecule has 0 unspecified atom stereocenters. The van der Waals surface area contributed by atoms with Gasteiger partial charge in [-0.3, -0.25) is 4.79 Å². The number of oxazole rings is 1. The zero-order valence-electron chi connectivity index (χ0n) is 18.7. The number of carbonyl (C=O) groups is 1. The van der Waals surface area contributed by atoms with Crippen LogP contribution in [0.2, 0.25) is 0 Å².